The molecule has 96 valence electrons. The van der Waals surface area contributed by atoms with Crippen molar-refractivity contribution in [1.29, 1.82) is 0 Å². The van der Waals surface area contributed by atoms with Gasteiger partial charge in [-0.05, 0) is 24.3 Å². The molecule has 0 heterocycles. The molecule has 2 aromatic rings. The molecule has 0 aromatic heterocycles. The summed E-state index contributed by atoms with van der Waals surface area (Å²) in [5, 5.41) is 0.282. The van der Waals surface area contributed by atoms with E-state index in [1.54, 1.807) is 30.3 Å². The quantitative estimate of drug-likeness (QED) is 0.872. The summed E-state index contributed by atoms with van der Waals surface area (Å²) in [6.45, 7) is 0. The van der Waals surface area contributed by atoms with Crippen molar-refractivity contribution in [2.75, 3.05) is 0 Å². The average molecular weight is 276 g/mol. The molecule has 0 aliphatic carbocycles. The second-order valence-corrected chi connectivity index (χ2v) is 4.17. The van der Waals surface area contributed by atoms with E-state index in [-0.39, 0.29) is 10.6 Å². The molecule has 0 saturated heterocycles. The Morgan fingerprint density at radius 3 is 2.58 bits per heavy atom. The number of hydrogen-bond acceptors (Lipinski definition) is 3. The van der Waals surface area contributed by atoms with Gasteiger partial charge in [0.2, 0.25) is 0 Å². The van der Waals surface area contributed by atoms with E-state index < -0.39 is 5.91 Å². The third-order valence-electron chi connectivity index (χ3n) is 2.48. The van der Waals surface area contributed by atoms with E-state index in [0.717, 1.165) is 0 Å². The first-order chi connectivity index (χ1) is 9.11. The highest BCUT2D eigenvalue weighted by atomic mass is 35.5. The Morgan fingerprint density at radius 1 is 1.21 bits per heavy atom. The molecule has 0 unspecified atom stereocenters. The molecule has 2 aromatic carbocycles. The van der Waals surface area contributed by atoms with Gasteiger partial charge >= 0.3 is 0 Å². The van der Waals surface area contributed by atoms with Crippen molar-refractivity contribution in [3.05, 3.63) is 58.6 Å². The first-order valence-electron chi connectivity index (χ1n) is 5.43. The van der Waals surface area contributed by atoms with Crippen molar-refractivity contribution in [3.63, 3.8) is 0 Å². The molecular formula is C14H10ClNO3. The largest absolute Gasteiger partial charge is 0.456 e. The van der Waals surface area contributed by atoms with Crippen LogP contribution in [0.1, 0.15) is 20.7 Å². The summed E-state index contributed by atoms with van der Waals surface area (Å²) < 4.78 is 5.55. The number of benzene rings is 2. The van der Waals surface area contributed by atoms with E-state index >= 15 is 0 Å². The zero-order valence-electron chi connectivity index (χ0n) is 9.80. The number of para-hydroxylation sites is 1. The van der Waals surface area contributed by atoms with Gasteiger partial charge in [0.15, 0.2) is 6.29 Å². The molecule has 2 rings (SSSR count). The highest BCUT2D eigenvalue weighted by Crippen LogP contribution is 2.28. The van der Waals surface area contributed by atoms with Crippen molar-refractivity contribution in [2.45, 2.75) is 0 Å². The second kappa shape index (κ2) is 5.54. The highest BCUT2D eigenvalue weighted by Gasteiger charge is 2.10. The number of carbonyl (C=O) groups is 2. The fraction of sp³-hybridized carbons (Fsp3) is 0. The molecule has 0 saturated carbocycles. The van der Waals surface area contributed by atoms with Crippen LogP contribution in [0.5, 0.6) is 11.5 Å². The number of primary amides is 1. The van der Waals surface area contributed by atoms with Gasteiger partial charge in [0, 0.05) is 11.6 Å². The maximum absolute atomic E-state index is 11.2. The molecule has 19 heavy (non-hydrogen) atoms. The van der Waals surface area contributed by atoms with Crippen LogP contribution in [0.25, 0.3) is 0 Å². The van der Waals surface area contributed by atoms with Crippen molar-refractivity contribution < 1.29 is 14.3 Å². The lowest BCUT2D eigenvalue weighted by Gasteiger charge is -2.09. The van der Waals surface area contributed by atoms with E-state index in [1.807, 2.05) is 0 Å². The van der Waals surface area contributed by atoms with Crippen LogP contribution < -0.4 is 10.5 Å². The van der Waals surface area contributed by atoms with Crippen LogP contribution in [0, 0.1) is 0 Å². The zero-order valence-corrected chi connectivity index (χ0v) is 10.6. The predicted octanol–water partition coefficient (Wildman–Crippen LogP) is 3.04. The molecule has 0 spiro atoms. The Balaban J connectivity index is 2.34. The summed E-state index contributed by atoms with van der Waals surface area (Å²) in [4.78, 5) is 21.9. The smallest absolute Gasteiger partial charge is 0.252 e. The van der Waals surface area contributed by atoms with Gasteiger partial charge in [0.05, 0.1) is 10.6 Å². The minimum absolute atomic E-state index is 0.276. The lowest BCUT2D eigenvalue weighted by molar-refractivity contribution is 0.0997. The molecule has 0 aliphatic rings. The van der Waals surface area contributed by atoms with Gasteiger partial charge in [-0.25, -0.2) is 0 Å². The summed E-state index contributed by atoms with van der Waals surface area (Å²) in [6.07, 6.45) is 0.656. The summed E-state index contributed by atoms with van der Waals surface area (Å²) in [5.41, 5.74) is 5.90. The second-order valence-electron chi connectivity index (χ2n) is 3.76. The predicted molar refractivity (Wildman–Crippen MR) is 71.9 cm³/mol. The summed E-state index contributed by atoms with van der Waals surface area (Å²) in [7, 11) is 0. The van der Waals surface area contributed by atoms with Gasteiger partial charge < -0.3 is 10.5 Å². The number of nitrogens with two attached hydrogens (primary N) is 1. The number of amides is 1. The molecule has 1 amide bonds. The summed E-state index contributed by atoms with van der Waals surface area (Å²) >= 11 is 5.90. The van der Waals surface area contributed by atoms with E-state index in [4.69, 9.17) is 22.1 Å². The molecule has 0 atom stereocenters. The fourth-order valence-corrected chi connectivity index (χ4v) is 1.77. The zero-order chi connectivity index (χ0) is 13.8. The Kier molecular flexibility index (Phi) is 3.82. The monoisotopic (exact) mass is 275 g/mol. The van der Waals surface area contributed by atoms with Crippen LogP contribution in [0.2, 0.25) is 5.02 Å². The van der Waals surface area contributed by atoms with Gasteiger partial charge in [0.1, 0.15) is 11.5 Å². The molecule has 4 nitrogen and oxygen atoms in total. The normalized spacial score (nSPS) is 9.95. The summed E-state index contributed by atoms with van der Waals surface area (Å²) in [6, 6.07) is 11.2. The van der Waals surface area contributed by atoms with Crippen LogP contribution >= 0.6 is 11.6 Å². The molecule has 2 N–H and O–H groups in total. The lowest BCUT2D eigenvalue weighted by atomic mass is 10.2. The standard InChI is InChI=1S/C14H10ClNO3/c15-12-7-10(6-5-9(12)8-17)19-13-4-2-1-3-11(13)14(16)18/h1-8H,(H2,16,18). The SMILES string of the molecule is NC(=O)c1ccccc1Oc1ccc(C=O)c(Cl)c1. The van der Waals surface area contributed by atoms with E-state index in [1.165, 1.54) is 12.1 Å². The van der Waals surface area contributed by atoms with Crippen LogP contribution in [-0.2, 0) is 0 Å². The molecular weight excluding hydrogens is 266 g/mol. The van der Waals surface area contributed by atoms with E-state index in [9.17, 15) is 9.59 Å². The lowest BCUT2D eigenvalue weighted by Crippen LogP contribution is -2.11. The minimum atomic E-state index is -0.578. The third-order valence-corrected chi connectivity index (χ3v) is 2.81. The number of ether oxygens (including phenoxy) is 1. The maximum Gasteiger partial charge on any atom is 0.252 e. The third kappa shape index (κ3) is 2.92. The van der Waals surface area contributed by atoms with Crippen LogP contribution in [0.15, 0.2) is 42.5 Å². The first kappa shape index (κ1) is 13.1. The number of carbonyl (C=O) groups excluding carboxylic acids is 2. The molecule has 0 bridgehead atoms. The molecule has 0 radical (unpaired) electrons. The van der Waals surface area contributed by atoms with Gasteiger partial charge in [-0.2, -0.15) is 0 Å². The summed E-state index contributed by atoms with van der Waals surface area (Å²) in [5.74, 6) is 0.181. The maximum atomic E-state index is 11.2. The Bertz CT molecular complexity index is 640. The van der Waals surface area contributed by atoms with E-state index in [0.29, 0.717) is 23.3 Å². The van der Waals surface area contributed by atoms with Crippen LogP contribution in [0.4, 0.5) is 0 Å². The van der Waals surface area contributed by atoms with Crippen molar-refractivity contribution in [2.24, 2.45) is 5.73 Å². The van der Waals surface area contributed by atoms with Crippen molar-refractivity contribution in [1.82, 2.24) is 0 Å². The Labute approximate surface area is 114 Å². The topological polar surface area (TPSA) is 69.4 Å². The number of hydrogen-bond donors (Lipinski definition) is 1. The Hall–Kier alpha value is -2.33. The first-order valence-corrected chi connectivity index (χ1v) is 5.81. The number of aldehydes is 1. The van der Waals surface area contributed by atoms with Crippen molar-refractivity contribution in [3.8, 4) is 11.5 Å². The van der Waals surface area contributed by atoms with Crippen molar-refractivity contribution >= 4 is 23.8 Å². The molecule has 5 heteroatoms. The van der Waals surface area contributed by atoms with Gasteiger partial charge in [-0.3, -0.25) is 9.59 Å². The molecule has 0 aliphatic heterocycles. The molecule has 0 fully saturated rings. The van der Waals surface area contributed by atoms with Gasteiger partial charge in [-0.15, -0.1) is 0 Å². The van der Waals surface area contributed by atoms with Crippen LogP contribution in [0.3, 0.4) is 0 Å². The van der Waals surface area contributed by atoms with Gasteiger partial charge in [-0.1, -0.05) is 23.7 Å². The van der Waals surface area contributed by atoms with E-state index in [2.05, 4.69) is 0 Å². The highest BCUT2D eigenvalue weighted by molar-refractivity contribution is 6.33. The minimum Gasteiger partial charge on any atom is -0.456 e. The number of halogens is 1. The van der Waals surface area contributed by atoms with Gasteiger partial charge in [0.25, 0.3) is 5.91 Å². The van der Waals surface area contributed by atoms with Crippen LogP contribution in [-0.4, -0.2) is 12.2 Å². The Morgan fingerprint density at radius 2 is 1.95 bits per heavy atom. The fourth-order valence-electron chi connectivity index (χ4n) is 1.55. The number of rotatable bonds is 4. The average Bonchev–Trinajstić information content (AvgIpc) is 2.39.